The summed E-state index contributed by atoms with van der Waals surface area (Å²) in [5.41, 5.74) is 8.71. The van der Waals surface area contributed by atoms with Gasteiger partial charge >= 0.3 is 0 Å². The van der Waals surface area contributed by atoms with Crippen LogP contribution >= 0.6 is 0 Å². The van der Waals surface area contributed by atoms with Gasteiger partial charge in [-0.3, -0.25) is 0 Å². The standard InChI is InChI=1S/C16H22N2O2/c1-10-8-13(20-5)14-11(9-16(2,3)17)6-7-12(19-4)15(14)18-10/h6-8H,9,17H2,1-5H3. The quantitative estimate of drug-likeness (QED) is 0.931. The Hall–Kier alpha value is -1.81. The van der Waals surface area contributed by atoms with Crippen molar-refractivity contribution in [3.05, 3.63) is 29.5 Å². The van der Waals surface area contributed by atoms with Crippen molar-refractivity contribution < 1.29 is 9.47 Å². The molecule has 4 heteroatoms. The first-order valence-electron chi connectivity index (χ1n) is 6.66. The van der Waals surface area contributed by atoms with Crippen LogP contribution in [0.5, 0.6) is 11.5 Å². The molecule has 0 spiro atoms. The maximum Gasteiger partial charge on any atom is 0.145 e. The summed E-state index contributed by atoms with van der Waals surface area (Å²) < 4.78 is 10.9. The SMILES string of the molecule is COc1ccc(CC(C)(C)N)c2c(OC)cc(C)nc12. The molecule has 0 bridgehead atoms. The number of pyridine rings is 1. The molecule has 0 saturated carbocycles. The number of aromatic nitrogens is 1. The highest BCUT2D eigenvalue weighted by Crippen LogP contribution is 2.35. The van der Waals surface area contributed by atoms with Crippen molar-refractivity contribution in [2.45, 2.75) is 32.7 Å². The van der Waals surface area contributed by atoms with Gasteiger partial charge < -0.3 is 15.2 Å². The van der Waals surface area contributed by atoms with Crippen LogP contribution in [0, 0.1) is 6.92 Å². The predicted molar refractivity (Wildman–Crippen MR) is 81.6 cm³/mol. The summed E-state index contributed by atoms with van der Waals surface area (Å²) in [6, 6.07) is 5.92. The molecule has 0 saturated heterocycles. The lowest BCUT2D eigenvalue weighted by atomic mass is 9.93. The monoisotopic (exact) mass is 274 g/mol. The number of rotatable bonds is 4. The van der Waals surface area contributed by atoms with E-state index in [0.717, 1.165) is 40.1 Å². The predicted octanol–water partition coefficient (Wildman–Crippen LogP) is 2.84. The number of fused-ring (bicyclic) bond motifs is 1. The number of hydrogen-bond donors (Lipinski definition) is 1. The van der Waals surface area contributed by atoms with Crippen molar-refractivity contribution in [1.29, 1.82) is 0 Å². The van der Waals surface area contributed by atoms with E-state index in [-0.39, 0.29) is 5.54 Å². The fraction of sp³-hybridized carbons (Fsp3) is 0.438. The van der Waals surface area contributed by atoms with Crippen molar-refractivity contribution in [1.82, 2.24) is 4.98 Å². The van der Waals surface area contributed by atoms with Gasteiger partial charge in [-0.25, -0.2) is 4.98 Å². The summed E-state index contributed by atoms with van der Waals surface area (Å²) in [7, 11) is 3.32. The van der Waals surface area contributed by atoms with Crippen molar-refractivity contribution in [2.75, 3.05) is 14.2 Å². The molecule has 0 amide bonds. The van der Waals surface area contributed by atoms with Crippen LogP contribution in [0.4, 0.5) is 0 Å². The van der Waals surface area contributed by atoms with E-state index in [9.17, 15) is 0 Å². The Bertz CT molecular complexity index is 630. The first kappa shape index (κ1) is 14.6. The first-order valence-corrected chi connectivity index (χ1v) is 6.66. The average Bonchev–Trinajstić information content (AvgIpc) is 2.36. The highest BCUT2D eigenvalue weighted by atomic mass is 16.5. The van der Waals surface area contributed by atoms with E-state index in [1.165, 1.54) is 0 Å². The Balaban J connectivity index is 2.77. The molecule has 2 rings (SSSR count). The Morgan fingerprint density at radius 1 is 1.15 bits per heavy atom. The van der Waals surface area contributed by atoms with E-state index in [0.29, 0.717) is 0 Å². The van der Waals surface area contributed by atoms with E-state index >= 15 is 0 Å². The molecule has 0 fully saturated rings. The van der Waals surface area contributed by atoms with Gasteiger partial charge in [0.1, 0.15) is 17.0 Å². The van der Waals surface area contributed by atoms with Gasteiger partial charge in [-0.05, 0) is 38.8 Å². The Kier molecular flexibility index (Phi) is 3.86. The maximum atomic E-state index is 6.16. The summed E-state index contributed by atoms with van der Waals surface area (Å²) >= 11 is 0. The van der Waals surface area contributed by atoms with E-state index in [2.05, 4.69) is 4.98 Å². The number of benzene rings is 1. The summed E-state index contributed by atoms with van der Waals surface area (Å²) in [5.74, 6) is 1.56. The largest absolute Gasteiger partial charge is 0.496 e. The number of nitrogens with zero attached hydrogens (tertiary/aromatic N) is 1. The molecule has 0 aliphatic carbocycles. The molecule has 0 aliphatic rings. The Morgan fingerprint density at radius 3 is 2.35 bits per heavy atom. The molecule has 108 valence electrons. The van der Waals surface area contributed by atoms with Crippen molar-refractivity contribution in [2.24, 2.45) is 5.73 Å². The molecule has 1 heterocycles. The summed E-state index contributed by atoms with van der Waals surface area (Å²) in [6.07, 6.45) is 0.745. The number of hydrogen-bond acceptors (Lipinski definition) is 4. The molecule has 1 aromatic carbocycles. The molecule has 0 unspecified atom stereocenters. The zero-order valence-electron chi connectivity index (χ0n) is 12.8. The van der Waals surface area contributed by atoms with Gasteiger partial charge in [-0.15, -0.1) is 0 Å². The van der Waals surface area contributed by atoms with Gasteiger partial charge in [-0.1, -0.05) is 6.07 Å². The summed E-state index contributed by atoms with van der Waals surface area (Å²) in [4.78, 5) is 4.60. The zero-order valence-corrected chi connectivity index (χ0v) is 12.8. The molecule has 2 aromatic rings. The second-order valence-electron chi connectivity index (χ2n) is 5.78. The Morgan fingerprint density at radius 2 is 1.80 bits per heavy atom. The molecule has 0 aliphatic heterocycles. The third-order valence-corrected chi connectivity index (χ3v) is 3.19. The van der Waals surface area contributed by atoms with Crippen LogP contribution in [0.3, 0.4) is 0 Å². The molecule has 4 nitrogen and oxygen atoms in total. The fourth-order valence-corrected chi connectivity index (χ4v) is 2.43. The summed E-state index contributed by atoms with van der Waals surface area (Å²) in [6.45, 7) is 5.97. The minimum Gasteiger partial charge on any atom is -0.496 e. The van der Waals surface area contributed by atoms with Crippen LogP contribution in [0.2, 0.25) is 0 Å². The number of nitrogens with two attached hydrogens (primary N) is 1. The molecule has 20 heavy (non-hydrogen) atoms. The van der Waals surface area contributed by atoms with Gasteiger partial charge in [0.05, 0.1) is 14.2 Å². The van der Waals surface area contributed by atoms with Gasteiger partial charge in [0.2, 0.25) is 0 Å². The third-order valence-electron chi connectivity index (χ3n) is 3.19. The number of methoxy groups -OCH3 is 2. The first-order chi connectivity index (χ1) is 9.35. The van der Waals surface area contributed by atoms with Gasteiger partial charge in [0, 0.05) is 22.7 Å². The molecular formula is C16H22N2O2. The molecule has 2 N–H and O–H groups in total. The van der Waals surface area contributed by atoms with Gasteiger partial charge in [0.15, 0.2) is 0 Å². The number of ether oxygens (including phenoxy) is 2. The van der Waals surface area contributed by atoms with Crippen molar-refractivity contribution >= 4 is 10.9 Å². The molecule has 1 aromatic heterocycles. The minimum atomic E-state index is -0.294. The molecular weight excluding hydrogens is 252 g/mol. The molecule has 0 radical (unpaired) electrons. The Labute approximate surface area is 119 Å². The van der Waals surface area contributed by atoms with Crippen LogP contribution in [0.1, 0.15) is 25.1 Å². The average molecular weight is 274 g/mol. The minimum absolute atomic E-state index is 0.294. The third kappa shape index (κ3) is 2.85. The topological polar surface area (TPSA) is 57.4 Å². The molecule has 0 atom stereocenters. The van der Waals surface area contributed by atoms with E-state index in [1.54, 1.807) is 14.2 Å². The van der Waals surface area contributed by atoms with Gasteiger partial charge in [-0.2, -0.15) is 0 Å². The zero-order chi connectivity index (χ0) is 14.9. The van der Waals surface area contributed by atoms with E-state index < -0.39 is 0 Å². The lowest BCUT2D eigenvalue weighted by Crippen LogP contribution is -2.34. The fourth-order valence-electron chi connectivity index (χ4n) is 2.43. The summed E-state index contributed by atoms with van der Waals surface area (Å²) in [5, 5.41) is 0.982. The normalized spacial score (nSPS) is 11.7. The smallest absolute Gasteiger partial charge is 0.145 e. The second kappa shape index (κ2) is 5.29. The van der Waals surface area contributed by atoms with Crippen LogP contribution in [0.25, 0.3) is 10.9 Å². The highest BCUT2D eigenvalue weighted by molar-refractivity contribution is 5.93. The van der Waals surface area contributed by atoms with Crippen LogP contribution in [-0.2, 0) is 6.42 Å². The maximum absolute atomic E-state index is 6.16. The van der Waals surface area contributed by atoms with Gasteiger partial charge in [0.25, 0.3) is 0 Å². The second-order valence-corrected chi connectivity index (χ2v) is 5.78. The van der Waals surface area contributed by atoms with E-state index in [1.807, 2.05) is 39.0 Å². The number of aryl methyl sites for hydroxylation is 1. The lowest BCUT2D eigenvalue weighted by Gasteiger charge is -2.21. The van der Waals surface area contributed by atoms with Crippen LogP contribution in [0.15, 0.2) is 18.2 Å². The lowest BCUT2D eigenvalue weighted by molar-refractivity contribution is 0.413. The van der Waals surface area contributed by atoms with E-state index in [4.69, 9.17) is 15.2 Å². The highest BCUT2D eigenvalue weighted by Gasteiger charge is 2.18. The van der Waals surface area contributed by atoms with Crippen molar-refractivity contribution in [3.8, 4) is 11.5 Å². The van der Waals surface area contributed by atoms with Crippen LogP contribution < -0.4 is 15.2 Å². The van der Waals surface area contributed by atoms with Crippen LogP contribution in [-0.4, -0.2) is 24.7 Å². The van der Waals surface area contributed by atoms with Crippen molar-refractivity contribution in [3.63, 3.8) is 0 Å².